The van der Waals surface area contributed by atoms with Gasteiger partial charge in [-0.15, -0.1) is 0 Å². The van der Waals surface area contributed by atoms with Crippen LogP contribution in [-0.2, 0) is 0 Å². The van der Waals surface area contributed by atoms with Crippen molar-refractivity contribution < 1.29 is 14.2 Å². The number of anilines is 1. The minimum absolute atomic E-state index is 0.621. The molecule has 0 amide bonds. The third-order valence-corrected chi connectivity index (χ3v) is 2.52. The molecule has 0 bridgehead atoms. The summed E-state index contributed by atoms with van der Waals surface area (Å²) in [4.78, 5) is 0. The molecule has 0 saturated heterocycles. The monoisotopic (exact) mass is 239 g/mol. The van der Waals surface area contributed by atoms with Gasteiger partial charge in [0.05, 0.1) is 21.3 Å². The normalized spacial score (nSPS) is 9.88. The molecule has 0 fully saturated rings. The Labute approximate surface area is 103 Å². The minimum atomic E-state index is 0.621. The smallest absolute Gasteiger partial charge is 0.203 e. The Morgan fingerprint density at radius 3 is 2.00 bits per heavy atom. The molecule has 1 aromatic rings. The van der Waals surface area contributed by atoms with Crippen molar-refractivity contribution in [1.82, 2.24) is 0 Å². The highest BCUT2D eigenvalue weighted by Gasteiger charge is 2.12. The highest BCUT2D eigenvalue weighted by Crippen LogP contribution is 2.39. The zero-order chi connectivity index (χ0) is 12.7. The van der Waals surface area contributed by atoms with Crippen LogP contribution in [0.1, 0.15) is 19.8 Å². The summed E-state index contributed by atoms with van der Waals surface area (Å²) in [6, 6.07) is 3.83. The molecule has 4 nitrogen and oxygen atoms in total. The van der Waals surface area contributed by atoms with E-state index in [9.17, 15) is 0 Å². The van der Waals surface area contributed by atoms with Crippen LogP contribution in [0.25, 0.3) is 0 Å². The van der Waals surface area contributed by atoms with E-state index < -0.39 is 0 Å². The molecule has 0 aliphatic heterocycles. The number of unbranched alkanes of at least 4 members (excludes halogenated alkanes) is 1. The molecule has 96 valence electrons. The summed E-state index contributed by atoms with van der Waals surface area (Å²) in [7, 11) is 4.84. The van der Waals surface area contributed by atoms with E-state index in [0.717, 1.165) is 25.1 Å². The maximum Gasteiger partial charge on any atom is 0.203 e. The largest absolute Gasteiger partial charge is 0.493 e. The summed E-state index contributed by atoms with van der Waals surface area (Å²) in [6.45, 7) is 3.10. The lowest BCUT2D eigenvalue weighted by Gasteiger charge is -2.14. The number of hydrogen-bond acceptors (Lipinski definition) is 4. The van der Waals surface area contributed by atoms with Gasteiger partial charge in [0.15, 0.2) is 11.5 Å². The molecular weight excluding hydrogens is 218 g/mol. The van der Waals surface area contributed by atoms with Gasteiger partial charge >= 0.3 is 0 Å². The lowest BCUT2D eigenvalue weighted by Crippen LogP contribution is -2.02. The summed E-state index contributed by atoms with van der Waals surface area (Å²) < 4.78 is 15.8. The van der Waals surface area contributed by atoms with Crippen LogP contribution in [0.4, 0.5) is 5.69 Å². The molecule has 1 aromatic carbocycles. The predicted molar refractivity (Wildman–Crippen MR) is 69.5 cm³/mol. The molecular formula is C13H21NO3. The zero-order valence-electron chi connectivity index (χ0n) is 11.0. The van der Waals surface area contributed by atoms with Crippen LogP contribution in [0.2, 0.25) is 0 Å². The molecule has 0 heterocycles. The number of benzene rings is 1. The first-order valence-electron chi connectivity index (χ1n) is 5.80. The van der Waals surface area contributed by atoms with E-state index in [2.05, 4.69) is 12.2 Å². The van der Waals surface area contributed by atoms with Crippen LogP contribution in [0.15, 0.2) is 12.1 Å². The van der Waals surface area contributed by atoms with Gasteiger partial charge in [0.1, 0.15) is 0 Å². The standard InChI is InChI=1S/C13H21NO3/c1-5-6-7-14-10-8-11(15-2)13(17-4)12(9-10)16-3/h8-9,14H,5-7H2,1-4H3. The van der Waals surface area contributed by atoms with Gasteiger partial charge in [0.25, 0.3) is 0 Å². The number of rotatable bonds is 7. The van der Waals surface area contributed by atoms with Crippen molar-refractivity contribution in [3.8, 4) is 17.2 Å². The van der Waals surface area contributed by atoms with E-state index in [1.165, 1.54) is 0 Å². The SMILES string of the molecule is CCCCNc1cc(OC)c(OC)c(OC)c1. The summed E-state index contributed by atoms with van der Waals surface area (Å²) in [6.07, 6.45) is 2.30. The molecule has 17 heavy (non-hydrogen) atoms. The Hall–Kier alpha value is -1.58. The van der Waals surface area contributed by atoms with Crippen LogP contribution in [0, 0.1) is 0 Å². The first-order chi connectivity index (χ1) is 8.26. The summed E-state index contributed by atoms with van der Waals surface area (Å²) in [5.74, 6) is 1.97. The Morgan fingerprint density at radius 2 is 1.59 bits per heavy atom. The van der Waals surface area contributed by atoms with Crippen molar-refractivity contribution in [1.29, 1.82) is 0 Å². The van der Waals surface area contributed by atoms with Gasteiger partial charge in [-0.1, -0.05) is 13.3 Å². The molecule has 0 atom stereocenters. The van der Waals surface area contributed by atoms with Gasteiger partial charge < -0.3 is 19.5 Å². The first kappa shape index (κ1) is 13.5. The number of nitrogens with one attached hydrogen (secondary N) is 1. The zero-order valence-corrected chi connectivity index (χ0v) is 11.0. The Kier molecular flexibility index (Phi) is 5.46. The topological polar surface area (TPSA) is 39.7 Å². The van der Waals surface area contributed by atoms with Gasteiger partial charge in [-0.25, -0.2) is 0 Å². The first-order valence-corrected chi connectivity index (χ1v) is 5.80. The van der Waals surface area contributed by atoms with Crippen molar-refractivity contribution in [3.05, 3.63) is 12.1 Å². The highest BCUT2D eigenvalue weighted by molar-refractivity contribution is 5.62. The molecule has 0 radical (unpaired) electrons. The van der Waals surface area contributed by atoms with Gasteiger partial charge in [-0.3, -0.25) is 0 Å². The number of ether oxygens (including phenoxy) is 3. The molecule has 1 rings (SSSR count). The molecule has 0 unspecified atom stereocenters. The maximum atomic E-state index is 5.28. The fraction of sp³-hybridized carbons (Fsp3) is 0.538. The lowest BCUT2D eigenvalue weighted by atomic mass is 10.2. The maximum absolute atomic E-state index is 5.28. The second-order valence-electron chi connectivity index (χ2n) is 3.69. The lowest BCUT2D eigenvalue weighted by molar-refractivity contribution is 0.324. The van der Waals surface area contributed by atoms with Gasteiger partial charge in [0.2, 0.25) is 5.75 Å². The van der Waals surface area contributed by atoms with Crippen molar-refractivity contribution in [2.75, 3.05) is 33.2 Å². The average molecular weight is 239 g/mol. The minimum Gasteiger partial charge on any atom is -0.493 e. The Balaban J connectivity index is 2.92. The van der Waals surface area contributed by atoms with E-state index in [0.29, 0.717) is 17.2 Å². The van der Waals surface area contributed by atoms with E-state index in [1.54, 1.807) is 21.3 Å². The van der Waals surface area contributed by atoms with Crippen LogP contribution in [0.5, 0.6) is 17.2 Å². The van der Waals surface area contributed by atoms with E-state index >= 15 is 0 Å². The summed E-state index contributed by atoms with van der Waals surface area (Å²) in [5, 5.41) is 3.33. The molecule has 0 aliphatic rings. The van der Waals surface area contributed by atoms with Gasteiger partial charge in [-0.05, 0) is 6.42 Å². The van der Waals surface area contributed by atoms with Crippen LogP contribution < -0.4 is 19.5 Å². The quantitative estimate of drug-likeness (QED) is 0.743. The van der Waals surface area contributed by atoms with E-state index in [4.69, 9.17) is 14.2 Å². The highest BCUT2D eigenvalue weighted by atomic mass is 16.5. The van der Waals surface area contributed by atoms with Crippen LogP contribution in [0.3, 0.4) is 0 Å². The average Bonchev–Trinajstić information content (AvgIpc) is 2.37. The van der Waals surface area contributed by atoms with Crippen LogP contribution >= 0.6 is 0 Å². The fourth-order valence-corrected chi connectivity index (χ4v) is 1.59. The van der Waals surface area contributed by atoms with Gasteiger partial charge in [-0.2, -0.15) is 0 Å². The molecule has 1 N–H and O–H groups in total. The van der Waals surface area contributed by atoms with E-state index in [1.807, 2.05) is 12.1 Å². The summed E-state index contributed by atoms with van der Waals surface area (Å²) >= 11 is 0. The Morgan fingerprint density at radius 1 is 1.00 bits per heavy atom. The fourth-order valence-electron chi connectivity index (χ4n) is 1.59. The van der Waals surface area contributed by atoms with E-state index in [-0.39, 0.29) is 0 Å². The molecule has 0 spiro atoms. The van der Waals surface area contributed by atoms with Crippen molar-refractivity contribution in [2.45, 2.75) is 19.8 Å². The van der Waals surface area contributed by atoms with Crippen LogP contribution in [-0.4, -0.2) is 27.9 Å². The predicted octanol–water partition coefficient (Wildman–Crippen LogP) is 2.92. The van der Waals surface area contributed by atoms with Gasteiger partial charge in [0, 0.05) is 24.4 Å². The summed E-state index contributed by atoms with van der Waals surface area (Å²) in [5.41, 5.74) is 0.980. The van der Waals surface area contributed by atoms with Crippen molar-refractivity contribution in [3.63, 3.8) is 0 Å². The van der Waals surface area contributed by atoms with Crippen molar-refractivity contribution >= 4 is 5.69 Å². The van der Waals surface area contributed by atoms with Crippen molar-refractivity contribution in [2.24, 2.45) is 0 Å². The molecule has 0 aliphatic carbocycles. The number of methoxy groups -OCH3 is 3. The molecule has 4 heteroatoms. The Bertz CT molecular complexity index is 328. The third kappa shape index (κ3) is 3.44. The second-order valence-corrected chi connectivity index (χ2v) is 3.69. The molecule has 0 saturated carbocycles. The molecule has 0 aromatic heterocycles. The second kappa shape index (κ2) is 6.89. The number of hydrogen-bond donors (Lipinski definition) is 1. The third-order valence-electron chi connectivity index (χ3n) is 2.52.